The highest BCUT2D eigenvalue weighted by Crippen LogP contribution is 2.43. The molecular formula is C18H19NO4S. The van der Waals surface area contributed by atoms with E-state index in [0.29, 0.717) is 6.54 Å². The van der Waals surface area contributed by atoms with Crippen LogP contribution < -0.4 is 0 Å². The van der Waals surface area contributed by atoms with Crippen LogP contribution in [0, 0.1) is 5.92 Å². The summed E-state index contributed by atoms with van der Waals surface area (Å²) in [7, 11) is 0. The molecule has 0 aliphatic carbocycles. The molecule has 126 valence electrons. The zero-order valence-electron chi connectivity index (χ0n) is 13.2. The Morgan fingerprint density at radius 1 is 1.38 bits per heavy atom. The fraction of sp³-hybridized carbons (Fsp3) is 0.444. The number of nitrogens with zero attached hydrogens (tertiary/aromatic N) is 1. The number of fused-ring (bicyclic) bond motifs is 1. The highest BCUT2D eigenvalue weighted by Gasteiger charge is 2.46. The Hall–Kier alpha value is -1.92. The van der Waals surface area contributed by atoms with E-state index in [1.807, 2.05) is 29.6 Å². The SMILES string of the molecule is O=C(O)C1CC(=O)N(CC2CCCO2)C1c1csc2ccccc12. The van der Waals surface area contributed by atoms with Crippen molar-refractivity contribution in [3.63, 3.8) is 0 Å². The summed E-state index contributed by atoms with van der Waals surface area (Å²) in [5, 5.41) is 12.7. The maximum Gasteiger partial charge on any atom is 0.309 e. The standard InChI is InChI=1S/C18H19NO4S/c20-16-8-13(18(21)22)17(19(16)9-11-4-3-7-23-11)14-10-24-15-6-2-1-5-12(14)15/h1-2,5-6,10-11,13,17H,3-4,7-9H2,(H,21,22). The second-order valence-electron chi connectivity index (χ2n) is 6.46. The Kier molecular flexibility index (Phi) is 4.02. The molecule has 1 N–H and O–H groups in total. The van der Waals surface area contributed by atoms with E-state index in [1.165, 1.54) is 0 Å². The number of hydrogen-bond donors (Lipinski definition) is 1. The summed E-state index contributed by atoms with van der Waals surface area (Å²) in [5.41, 5.74) is 0.951. The molecule has 2 aliphatic heterocycles. The lowest BCUT2D eigenvalue weighted by atomic mass is 9.93. The molecule has 0 radical (unpaired) electrons. The maximum absolute atomic E-state index is 12.5. The van der Waals surface area contributed by atoms with Gasteiger partial charge in [0.1, 0.15) is 0 Å². The smallest absolute Gasteiger partial charge is 0.309 e. The van der Waals surface area contributed by atoms with Crippen molar-refractivity contribution in [2.75, 3.05) is 13.2 Å². The van der Waals surface area contributed by atoms with Gasteiger partial charge in [0, 0.05) is 24.3 Å². The molecule has 1 amide bonds. The zero-order valence-corrected chi connectivity index (χ0v) is 14.0. The number of thiophene rings is 1. The summed E-state index contributed by atoms with van der Waals surface area (Å²) in [5.74, 6) is -1.69. The van der Waals surface area contributed by atoms with Crippen LogP contribution in [0.4, 0.5) is 0 Å². The average molecular weight is 345 g/mol. The third kappa shape index (κ3) is 2.59. The first-order valence-electron chi connectivity index (χ1n) is 8.25. The average Bonchev–Trinajstić information content (AvgIpc) is 3.28. The van der Waals surface area contributed by atoms with E-state index in [-0.39, 0.29) is 18.4 Å². The summed E-state index contributed by atoms with van der Waals surface area (Å²) in [4.78, 5) is 26.0. The molecule has 4 rings (SSSR count). The molecule has 2 aromatic rings. The monoisotopic (exact) mass is 345 g/mol. The third-order valence-electron chi connectivity index (χ3n) is 5.00. The van der Waals surface area contributed by atoms with E-state index in [9.17, 15) is 14.7 Å². The number of carbonyl (C=O) groups excluding carboxylic acids is 1. The summed E-state index contributed by atoms with van der Waals surface area (Å²) in [6.07, 6.45) is 2.02. The first kappa shape index (κ1) is 15.6. The van der Waals surface area contributed by atoms with Crippen LogP contribution in [0.3, 0.4) is 0 Å². The Morgan fingerprint density at radius 2 is 2.21 bits per heavy atom. The molecule has 2 aliphatic rings. The van der Waals surface area contributed by atoms with Crippen LogP contribution in [0.5, 0.6) is 0 Å². The van der Waals surface area contributed by atoms with Gasteiger partial charge >= 0.3 is 5.97 Å². The molecule has 0 bridgehead atoms. The minimum Gasteiger partial charge on any atom is -0.481 e. The first-order chi connectivity index (χ1) is 11.6. The van der Waals surface area contributed by atoms with E-state index in [4.69, 9.17) is 4.74 Å². The van der Waals surface area contributed by atoms with E-state index in [1.54, 1.807) is 16.2 Å². The van der Waals surface area contributed by atoms with E-state index in [2.05, 4.69) is 0 Å². The van der Waals surface area contributed by atoms with Gasteiger partial charge in [0.25, 0.3) is 0 Å². The minimum atomic E-state index is -0.904. The van der Waals surface area contributed by atoms with E-state index in [0.717, 1.165) is 35.1 Å². The maximum atomic E-state index is 12.5. The van der Waals surface area contributed by atoms with Crippen molar-refractivity contribution in [2.24, 2.45) is 5.92 Å². The van der Waals surface area contributed by atoms with Gasteiger partial charge in [0.05, 0.1) is 18.1 Å². The second kappa shape index (κ2) is 6.18. The van der Waals surface area contributed by atoms with Crippen molar-refractivity contribution in [2.45, 2.75) is 31.4 Å². The van der Waals surface area contributed by atoms with Crippen LogP contribution in [-0.4, -0.2) is 41.1 Å². The van der Waals surface area contributed by atoms with Gasteiger partial charge < -0.3 is 14.7 Å². The number of carboxylic acid groups (broad SMARTS) is 1. The Balaban J connectivity index is 1.74. The molecular weight excluding hydrogens is 326 g/mol. The number of carboxylic acids is 1. The minimum absolute atomic E-state index is 0.0221. The van der Waals surface area contributed by atoms with Crippen LogP contribution in [-0.2, 0) is 14.3 Å². The second-order valence-corrected chi connectivity index (χ2v) is 7.37. The number of carbonyl (C=O) groups is 2. The van der Waals surface area contributed by atoms with Crippen molar-refractivity contribution >= 4 is 33.3 Å². The number of benzene rings is 1. The zero-order chi connectivity index (χ0) is 16.7. The molecule has 3 unspecified atom stereocenters. The van der Waals surface area contributed by atoms with Crippen molar-refractivity contribution in [1.29, 1.82) is 0 Å². The van der Waals surface area contributed by atoms with Crippen molar-refractivity contribution < 1.29 is 19.4 Å². The summed E-state index contributed by atoms with van der Waals surface area (Å²) in [6, 6.07) is 7.56. The molecule has 5 nitrogen and oxygen atoms in total. The molecule has 1 aromatic heterocycles. The van der Waals surface area contributed by atoms with Gasteiger partial charge in [0.2, 0.25) is 5.91 Å². The van der Waals surface area contributed by atoms with Crippen LogP contribution in [0.15, 0.2) is 29.6 Å². The predicted molar refractivity (Wildman–Crippen MR) is 91.0 cm³/mol. The lowest BCUT2D eigenvalue weighted by Crippen LogP contribution is -2.36. The molecule has 2 fully saturated rings. The van der Waals surface area contributed by atoms with E-state index >= 15 is 0 Å². The summed E-state index contributed by atoms with van der Waals surface area (Å²) in [6.45, 7) is 1.21. The lowest BCUT2D eigenvalue weighted by Gasteiger charge is -2.29. The predicted octanol–water partition coefficient (Wildman–Crippen LogP) is 3.05. The van der Waals surface area contributed by atoms with Crippen LogP contribution in [0.1, 0.15) is 30.9 Å². The largest absolute Gasteiger partial charge is 0.481 e. The van der Waals surface area contributed by atoms with Gasteiger partial charge in [-0.2, -0.15) is 0 Å². The third-order valence-corrected chi connectivity index (χ3v) is 5.98. The fourth-order valence-electron chi connectivity index (χ4n) is 3.85. The van der Waals surface area contributed by atoms with Crippen molar-refractivity contribution in [3.05, 3.63) is 35.2 Å². The quantitative estimate of drug-likeness (QED) is 0.925. The Morgan fingerprint density at radius 3 is 2.96 bits per heavy atom. The van der Waals surface area contributed by atoms with Crippen LogP contribution >= 0.6 is 11.3 Å². The molecule has 1 aromatic carbocycles. The van der Waals surface area contributed by atoms with Gasteiger partial charge in [-0.1, -0.05) is 18.2 Å². The molecule has 0 spiro atoms. The van der Waals surface area contributed by atoms with Gasteiger partial charge in [-0.05, 0) is 35.2 Å². The summed E-state index contributed by atoms with van der Waals surface area (Å²) >= 11 is 1.60. The number of aliphatic carboxylic acids is 1. The highest BCUT2D eigenvalue weighted by atomic mass is 32.1. The molecule has 3 heterocycles. The Bertz CT molecular complexity index is 780. The molecule has 6 heteroatoms. The van der Waals surface area contributed by atoms with E-state index < -0.39 is 17.9 Å². The molecule has 0 saturated carbocycles. The Labute approximate surface area is 143 Å². The number of hydrogen-bond acceptors (Lipinski definition) is 4. The van der Waals surface area contributed by atoms with Gasteiger partial charge in [-0.15, -0.1) is 11.3 Å². The topological polar surface area (TPSA) is 66.8 Å². The van der Waals surface area contributed by atoms with Gasteiger partial charge in [-0.3, -0.25) is 9.59 Å². The molecule has 3 atom stereocenters. The number of amides is 1. The molecule has 2 saturated heterocycles. The van der Waals surface area contributed by atoms with Crippen molar-refractivity contribution in [1.82, 2.24) is 4.90 Å². The normalized spacial score (nSPS) is 27.2. The number of likely N-dealkylation sites (tertiary alicyclic amines) is 1. The highest BCUT2D eigenvalue weighted by molar-refractivity contribution is 7.17. The lowest BCUT2D eigenvalue weighted by molar-refractivity contribution is -0.142. The number of ether oxygens (including phenoxy) is 1. The van der Waals surface area contributed by atoms with Gasteiger partial charge in [-0.25, -0.2) is 0 Å². The van der Waals surface area contributed by atoms with Crippen LogP contribution in [0.25, 0.3) is 10.1 Å². The van der Waals surface area contributed by atoms with Gasteiger partial charge in [0.15, 0.2) is 0 Å². The fourth-order valence-corrected chi connectivity index (χ4v) is 4.84. The molecule has 24 heavy (non-hydrogen) atoms. The first-order valence-corrected chi connectivity index (χ1v) is 9.13. The van der Waals surface area contributed by atoms with Crippen LogP contribution in [0.2, 0.25) is 0 Å². The number of rotatable bonds is 4. The van der Waals surface area contributed by atoms with Crippen molar-refractivity contribution in [3.8, 4) is 0 Å². The summed E-state index contributed by atoms with van der Waals surface area (Å²) < 4.78 is 6.79.